The summed E-state index contributed by atoms with van der Waals surface area (Å²) < 4.78 is 15.2. The molecule has 2 rings (SSSR count). The van der Waals surface area contributed by atoms with E-state index >= 15 is 0 Å². The third-order valence-corrected chi connectivity index (χ3v) is 3.55. The highest BCUT2D eigenvalue weighted by molar-refractivity contribution is 5.90. The molecule has 0 aliphatic rings. The molecule has 0 atom stereocenters. The maximum Gasteiger partial charge on any atom is 0.338 e. The molecule has 0 spiro atoms. The first kappa shape index (κ1) is 19.2. The smallest absolute Gasteiger partial charge is 0.338 e. The number of benzene rings is 2. The molecule has 0 amide bonds. The number of rotatable bonds is 7. The van der Waals surface area contributed by atoms with Crippen molar-refractivity contribution in [1.82, 2.24) is 0 Å². The summed E-state index contributed by atoms with van der Waals surface area (Å²) in [4.78, 5) is 23.6. The lowest BCUT2D eigenvalue weighted by Crippen LogP contribution is -2.13. The minimum atomic E-state index is -0.497. The molecule has 0 aliphatic carbocycles. The van der Waals surface area contributed by atoms with E-state index in [9.17, 15) is 9.59 Å². The third kappa shape index (κ3) is 6.09. The van der Waals surface area contributed by atoms with Gasteiger partial charge < -0.3 is 14.2 Å². The van der Waals surface area contributed by atoms with Crippen LogP contribution in [0.25, 0.3) is 6.08 Å². The Balaban J connectivity index is 1.73. The highest BCUT2D eigenvalue weighted by Gasteiger charge is 2.08. The van der Waals surface area contributed by atoms with Gasteiger partial charge in [-0.25, -0.2) is 9.59 Å². The second-order valence-corrected chi connectivity index (χ2v) is 5.79. The molecular weight excluding hydrogens is 332 g/mol. The van der Waals surface area contributed by atoms with Crippen molar-refractivity contribution in [2.24, 2.45) is 0 Å². The fraction of sp³-hybridized carbons (Fsp3) is 0.238. The summed E-state index contributed by atoms with van der Waals surface area (Å²) >= 11 is 0. The molecule has 0 bridgehead atoms. The topological polar surface area (TPSA) is 61.8 Å². The summed E-state index contributed by atoms with van der Waals surface area (Å²) in [5, 5.41) is 0. The Morgan fingerprint density at radius 2 is 1.54 bits per heavy atom. The molecule has 0 heterocycles. The lowest BCUT2D eigenvalue weighted by molar-refractivity contribution is -0.138. The molecule has 26 heavy (non-hydrogen) atoms. The predicted molar refractivity (Wildman–Crippen MR) is 99.2 cm³/mol. The number of esters is 2. The number of ether oxygens (including phenoxy) is 3. The number of aryl methyl sites for hydroxylation is 2. The first-order valence-corrected chi connectivity index (χ1v) is 8.22. The van der Waals surface area contributed by atoms with E-state index in [1.807, 2.05) is 32.0 Å². The summed E-state index contributed by atoms with van der Waals surface area (Å²) in [5.74, 6) is -0.180. The maximum atomic E-state index is 12.0. The van der Waals surface area contributed by atoms with Gasteiger partial charge in [0.15, 0.2) is 0 Å². The van der Waals surface area contributed by atoms with E-state index in [1.165, 1.54) is 6.08 Å². The number of hydrogen-bond acceptors (Lipinski definition) is 5. The number of hydrogen-bond donors (Lipinski definition) is 0. The first-order chi connectivity index (χ1) is 12.5. The van der Waals surface area contributed by atoms with E-state index in [4.69, 9.17) is 14.2 Å². The van der Waals surface area contributed by atoms with Crippen molar-refractivity contribution in [3.63, 3.8) is 0 Å². The standard InChI is InChI=1S/C21H22O5/c1-15-12-16(2)14-18(13-15)21(23)26-11-10-25-20(22)9-6-17-4-7-19(24-3)8-5-17/h4-9,12-14H,10-11H2,1-3H3/b9-6+. The van der Waals surface area contributed by atoms with Crippen molar-refractivity contribution in [1.29, 1.82) is 0 Å². The van der Waals surface area contributed by atoms with Gasteiger partial charge >= 0.3 is 11.9 Å². The van der Waals surface area contributed by atoms with Gasteiger partial charge in [-0.1, -0.05) is 29.3 Å². The fourth-order valence-electron chi connectivity index (χ4n) is 2.38. The van der Waals surface area contributed by atoms with Crippen molar-refractivity contribution >= 4 is 18.0 Å². The second kappa shape index (κ2) is 9.42. The van der Waals surface area contributed by atoms with E-state index in [2.05, 4.69) is 0 Å². The van der Waals surface area contributed by atoms with Gasteiger partial charge in [-0.15, -0.1) is 0 Å². The van der Waals surface area contributed by atoms with Crippen LogP contribution in [-0.2, 0) is 14.3 Å². The predicted octanol–water partition coefficient (Wildman–Crippen LogP) is 3.73. The largest absolute Gasteiger partial charge is 0.497 e. The second-order valence-electron chi connectivity index (χ2n) is 5.79. The highest BCUT2D eigenvalue weighted by Crippen LogP contribution is 2.12. The molecular formula is C21H22O5. The Bertz CT molecular complexity index is 770. The van der Waals surface area contributed by atoms with Crippen LogP contribution in [0, 0.1) is 13.8 Å². The van der Waals surface area contributed by atoms with Crippen LogP contribution in [0.15, 0.2) is 48.5 Å². The van der Waals surface area contributed by atoms with Gasteiger partial charge in [0, 0.05) is 6.08 Å². The molecule has 0 radical (unpaired) electrons. The Labute approximate surface area is 153 Å². The molecule has 5 heteroatoms. The Kier molecular flexibility index (Phi) is 6.97. The summed E-state index contributed by atoms with van der Waals surface area (Å²) in [5.41, 5.74) is 3.33. The van der Waals surface area contributed by atoms with Crippen LogP contribution in [0.4, 0.5) is 0 Å². The number of carbonyl (C=O) groups is 2. The Morgan fingerprint density at radius 3 is 2.15 bits per heavy atom. The highest BCUT2D eigenvalue weighted by atomic mass is 16.6. The van der Waals surface area contributed by atoms with Gasteiger partial charge in [0.1, 0.15) is 19.0 Å². The van der Waals surface area contributed by atoms with E-state index in [0.717, 1.165) is 22.4 Å². The molecule has 0 N–H and O–H groups in total. The van der Waals surface area contributed by atoms with E-state index < -0.39 is 11.9 Å². The molecule has 2 aromatic carbocycles. The normalized spacial score (nSPS) is 10.6. The number of carbonyl (C=O) groups excluding carboxylic acids is 2. The van der Waals surface area contributed by atoms with Gasteiger partial charge in [-0.2, -0.15) is 0 Å². The van der Waals surface area contributed by atoms with Crippen LogP contribution in [0.5, 0.6) is 5.75 Å². The van der Waals surface area contributed by atoms with Gasteiger partial charge in [-0.05, 0) is 49.8 Å². The van der Waals surface area contributed by atoms with E-state index in [1.54, 1.807) is 37.5 Å². The van der Waals surface area contributed by atoms with E-state index in [0.29, 0.717) is 5.56 Å². The van der Waals surface area contributed by atoms with Gasteiger partial charge in [0.2, 0.25) is 0 Å². The monoisotopic (exact) mass is 354 g/mol. The van der Waals surface area contributed by atoms with Crippen molar-refractivity contribution in [2.45, 2.75) is 13.8 Å². The third-order valence-electron chi connectivity index (χ3n) is 3.55. The van der Waals surface area contributed by atoms with Crippen molar-refractivity contribution in [3.8, 4) is 5.75 Å². The van der Waals surface area contributed by atoms with Crippen molar-refractivity contribution < 1.29 is 23.8 Å². The fourth-order valence-corrected chi connectivity index (χ4v) is 2.38. The molecule has 0 unspecified atom stereocenters. The van der Waals surface area contributed by atoms with Crippen LogP contribution < -0.4 is 4.74 Å². The molecule has 2 aromatic rings. The molecule has 136 valence electrons. The molecule has 0 saturated carbocycles. The Hall–Kier alpha value is -3.08. The quantitative estimate of drug-likeness (QED) is 0.431. The first-order valence-electron chi connectivity index (χ1n) is 8.22. The Morgan fingerprint density at radius 1 is 0.923 bits per heavy atom. The lowest BCUT2D eigenvalue weighted by atomic mass is 10.1. The zero-order chi connectivity index (χ0) is 18.9. The summed E-state index contributed by atoms with van der Waals surface area (Å²) in [6, 6.07) is 12.8. The van der Waals surface area contributed by atoms with Crippen LogP contribution in [0.1, 0.15) is 27.0 Å². The minimum absolute atomic E-state index is 0.00231. The van der Waals surface area contributed by atoms with Gasteiger partial charge in [0.05, 0.1) is 12.7 Å². The van der Waals surface area contributed by atoms with Crippen molar-refractivity contribution in [2.75, 3.05) is 20.3 Å². The number of methoxy groups -OCH3 is 1. The zero-order valence-corrected chi connectivity index (χ0v) is 15.2. The molecule has 0 aliphatic heterocycles. The zero-order valence-electron chi connectivity index (χ0n) is 15.2. The van der Waals surface area contributed by atoms with Gasteiger partial charge in [0.25, 0.3) is 0 Å². The summed E-state index contributed by atoms with van der Waals surface area (Å²) in [6.07, 6.45) is 2.97. The van der Waals surface area contributed by atoms with Crippen LogP contribution in [0.2, 0.25) is 0 Å². The summed E-state index contributed by atoms with van der Waals surface area (Å²) in [6.45, 7) is 3.84. The van der Waals surface area contributed by atoms with Crippen LogP contribution >= 0.6 is 0 Å². The molecule has 0 aromatic heterocycles. The van der Waals surface area contributed by atoms with Gasteiger partial charge in [-0.3, -0.25) is 0 Å². The summed E-state index contributed by atoms with van der Waals surface area (Å²) in [7, 11) is 1.59. The average Bonchev–Trinajstić information content (AvgIpc) is 2.63. The van der Waals surface area contributed by atoms with Crippen LogP contribution in [-0.4, -0.2) is 32.3 Å². The van der Waals surface area contributed by atoms with Crippen LogP contribution in [0.3, 0.4) is 0 Å². The maximum absolute atomic E-state index is 12.0. The molecule has 5 nitrogen and oxygen atoms in total. The minimum Gasteiger partial charge on any atom is -0.497 e. The SMILES string of the molecule is COc1ccc(/C=C/C(=O)OCCOC(=O)c2cc(C)cc(C)c2)cc1. The van der Waals surface area contributed by atoms with E-state index in [-0.39, 0.29) is 13.2 Å². The molecule has 0 saturated heterocycles. The lowest BCUT2D eigenvalue weighted by Gasteiger charge is -2.07. The van der Waals surface area contributed by atoms with Crippen molar-refractivity contribution in [3.05, 3.63) is 70.8 Å². The molecule has 0 fully saturated rings. The average molecular weight is 354 g/mol.